The molecule has 224 valence electrons. The van der Waals surface area contributed by atoms with Crippen molar-refractivity contribution in [2.24, 2.45) is 5.41 Å². The SMILES string of the molecule is CCCCC(=O)O.CCCCC(=O)O.CCCCC(=O)O.CCCCC(=O)O.OCC(CO)(CO)CO. The normalized spacial score (nSPS) is 9.51. The molecule has 0 unspecified atom stereocenters. The van der Waals surface area contributed by atoms with Crippen LogP contribution in [0.4, 0.5) is 0 Å². The Labute approximate surface area is 221 Å². The number of carbonyl (C=O) groups is 4. The molecule has 0 heterocycles. The van der Waals surface area contributed by atoms with E-state index in [-0.39, 0.29) is 0 Å². The fourth-order valence-corrected chi connectivity index (χ4v) is 1.61. The Morgan fingerprint density at radius 2 is 0.595 bits per heavy atom. The van der Waals surface area contributed by atoms with Gasteiger partial charge >= 0.3 is 23.9 Å². The molecule has 0 aromatic rings. The Kier molecular flexibility index (Phi) is 43.3. The molecule has 0 spiro atoms. The number of aliphatic carboxylic acids is 4. The smallest absolute Gasteiger partial charge is 0.303 e. The third kappa shape index (κ3) is 51.3. The van der Waals surface area contributed by atoms with Crippen molar-refractivity contribution in [2.45, 2.75) is 105 Å². The fraction of sp³-hybridized carbons (Fsp3) is 0.840. The molecule has 0 aliphatic heterocycles. The third-order valence-electron chi connectivity index (χ3n) is 4.32. The van der Waals surface area contributed by atoms with Gasteiger partial charge in [0, 0.05) is 25.7 Å². The van der Waals surface area contributed by atoms with E-state index in [2.05, 4.69) is 0 Å². The minimum atomic E-state index is -1.11. The predicted octanol–water partition coefficient (Wildman–Crippen LogP) is 2.99. The number of rotatable bonds is 16. The quantitative estimate of drug-likeness (QED) is 0.140. The van der Waals surface area contributed by atoms with E-state index in [4.69, 9.17) is 40.9 Å². The van der Waals surface area contributed by atoms with Gasteiger partial charge < -0.3 is 40.9 Å². The summed E-state index contributed by atoms with van der Waals surface area (Å²) in [7, 11) is 0. The summed E-state index contributed by atoms with van der Waals surface area (Å²) < 4.78 is 0. The van der Waals surface area contributed by atoms with Crippen molar-refractivity contribution >= 4 is 23.9 Å². The molecular weight excluding hydrogens is 492 g/mol. The topological polar surface area (TPSA) is 230 Å². The molecule has 0 atom stereocenters. The van der Waals surface area contributed by atoms with Crippen molar-refractivity contribution in [3.05, 3.63) is 0 Å². The molecule has 0 rings (SSSR count). The van der Waals surface area contributed by atoms with Gasteiger partial charge in [0.2, 0.25) is 0 Å². The number of carboxylic acid groups (broad SMARTS) is 4. The highest BCUT2D eigenvalue weighted by molar-refractivity contribution is 5.67. The summed E-state index contributed by atoms with van der Waals surface area (Å²) >= 11 is 0. The number of aliphatic hydroxyl groups is 4. The molecule has 12 nitrogen and oxygen atoms in total. The van der Waals surface area contributed by atoms with E-state index < -0.39 is 55.7 Å². The number of hydrogen-bond donors (Lipinski definition) is 8. The van der Waals surface area contributed by atoms with Crippen LogP contribution in [0.2, 0.25) is 0 Å². The molecule has 0 aliphatic rings. The van der Waals surface area contributed by atoms with E-state index in [9.17, 15) is 19.2 Å². The van der Waals surface area contributed by atoms with Crippen LogP contribution in [0.25, 0.3) is 0 Å². The zero-order valence-corrected chi connectivity index (χ0v) is 23.0. The van der Waals surface area contributed by atoms with E-state index in [0.29, 0.717) is 25.7 Å². The molecule has 0 aromatic heterocycles. The van der Waals surface area contributed by atoms with Gasteiger partial charge in [0.15, 0.2) is 0 Å². The number of unbranched alkanes of at least 4 members (excludes halogenated alkanes) is 4. The van der Waals surface area contributed by atoms with E-state index in [0.717, 1.165) is 51.4 Å². The second-order valence-corrected chi connectivity index (χ2v) is 8.12. The van der Waals surface area contributed by atoms with E-state index >= 15 is 0 Å². The minimum Gasteiger partial charge on any atom is -0.481 e. The summed E-state index contributed by atoms with van der Waals surface area (Å²) in [5.41, 5.74) is -1.11. The van der Waals surface area contributed by atoms with Crippen LogP contribution in [-0.2, 0) is 19.2 Å². The molecule has 0 saturated carbocycles. The second kappa shape index (κ2) is 35.9. The van der Waals surface area contributed by atoms with Crippen LogP contribution < -0.4 is 0 Å². The fourth-order valence-electron chi connectivity index (χ4n) is 1.61. The molecule has 0 amide bonds. The first-order chi connectivity index (χ1) is 17.3. The van der Waals surface area contributed by atoms with Gasteiger partial charge in [-0.1, -0.05) is 53.4 Å². The van der Waals surface area contributed by atoms with Crippen LogP contribution in [0, 0.1) is 5.41 Å². The highest BCUT2D eigenvalue weighted by atomic mass is 16.4. The summed E-state index contributed by atoms with van der Waals surface area (Å²) in [6.07, 6.45) is 8.33. The molecule has 12 heteroatoms. The van der Waals surface area contributed by atoms with Crippen molar-refractivity contribution in [1.82, 2.24) is 0 Å². The van der Waals surface area contributed by atoms with Crippen LogP contribution >= 0.6 is 0 Å². The monoisotopic (exact) mass is 544 g/mol. The van der Waals surface area contributed by atoms with E-state index in [1.54, 1.807) is 0 Å². The van der Waals surface area contributed by atoms with Crippen molar-refractivity contribution in [3.8, 4) is 0 Å². The highest BCUT2D eigenvalue weighted by Gasteiger charge is 2.26. The van der Waals surface area contributed by atoms with Crippen LogP contribution in [0.1, 0.15) is 105 Å². The Morgan fingerprint density at radius 3 is 0.622 bits per heavy atom. The molecule has 0 radical (unpaired) electrons. The van der Waals surface area contributed by atoms with Crippen molar-refractivity contribution in [1.29, 1.82) is 0 Å². The van der Waals surface area contributed by atoms with Crippen molar-refractivity contribution in [3.63, 3.8) is 0 Å². The lowest BCUT2D eigenvalue weighted by Crippen LogP contribution is -2.37. The van der Waals surface area contributed by atoms with Gasteiger partial charge in [0.25, 0.3) is 0 Å². The number of aliphatic hydroxyl groups excluding tert-OH is 4. The number of carboxylic acids is 4. The minimum absolute atomic E-state index is 0.316. The third-order valence-corrected chi connectivity index (χ3v) is 4.32. The summed E-state index contributed by atoms with van der Waals surface area (Å²) in [5.74, 6) is -2.77. The Hall–Kier alpha value is -2.28. The Morgan fingerprint density at radius 1 is 0.432 bits per heavy atom. The molecular formula is C25H52O12. The lowest BCUT2D eigenvalue weighted by molar-refractivity contribution is -0.138. The van der Waals surface area contributed by atoms with Gasteiger partial charge in [-0.3, -0.25) is 19.2 Å². The molecule has 8 N–H and O–H groups in total. The maximum Gasteiger partial charge on any atom is 0.303 e. The second-order valence-electron chi connectivity index (χ2n) is 8.12. The average Bonchev–Trinajstić information content (AvgIpc) is 2.86. The van der Waals surface area contributed by atoms with Crippen molar-refractivity contribution in [2.75, 3.05) is 26.4 Å². The standard InChI is InChI=1S/C5H12O4.4C5H10O2/c6-1-5(2-7,3-8)4-9;4*1-2-3-4-5(6)7/h6-9H,1-4H2;4*2-4H2,1H3,(H,6,7). The Balaban J connectivity index is -0.000000116. The molecule has 0 aromatic carbocycles. The summed E-state index contributed by atoms with van der Waals surface area (Å²) in [6, 6.07) is 0. The van der Waals surface area contributed by atoms with Gasteiger partial charge in [0.05, 0.1) is 31.8 Å². The van der Waals surface area contributed by atoms with Crippen LogP contribution in [0.15, 0.2) is 0 Å². The average molecular weight is 545 g/mol. The molecule has 37 heavy (non-hydrogen) atoms. The maximum atomic E-state index is 9.76. The molecule has 0 aliphatic carbocycles. The van der Waals surface area contributed by atoms with Crippen LogP contribution in [-0.4, -0.2) is 91.2 Å². The largest absolute Gasteiger partial charge is 0.481 e. The van der Waals surface area contributed by atoms with Gasteiger partial charge in [-0.2, -0.15) is 0 Å². The Bertz CT molecular complexity index is 430. The molecule has 0 fully saturated rings. The lowest BCUT2D eigenvalue weighted by Gasteiger charge is -2.23. The highest BCUT2D eigenvalue weighted by Crippen LogP contribution is 2.11. The zero-order valence-electron chi connectivity index (χ0n) is 23.0. The van der Waals surface area contributed by atoms with E-state index in [1.165, 1.54) is 0 Å². The summed E-state index contributed by atoms with van der Waals surface area (Å²) in [5, 5.41) is 66.2. The summed E-state index contributed by atoms with van der Waals surface area (Å²) in [6.45, 7) is 6.28. The van der Waals surface area contributed by atoms with Crippen LogP contribution in [0.3, 0.4) is 0 Å². The van der Waals surface area contributed by atoms with Crippen LogP contribution in [0.5, 0.6) is 0 Å². The van der Waals surface area contributed by atoms with Gasteiger partial charge in [0.1, 0.15) is 0 Å². The molecule has 0 bridgehead atoms. The first-order valence-electron chi connectivity index (χ1n) is 12.6. The van der Waals surface area contributed by atoms with Crippen molar-refractivity contribution < 1.29 is 60.0 Å². The number of hydrogen-bond acceptors (Lipinski definition) is 8. The van der Waals surface area contributed by atoms with Gasteiger partial charge in [-0.25, -0.2) is 0 Å². The first-order valence-corrected chi connectivity index (χ1v) is 12.6. The zero-order chi connectivity index (χ0) is 30.1. The lowest BCUT2D eigenvalue weighted by atomic mass is 9.93. The van der Waals surface area contributed by atoms with E-state index in [1.807, 2.05) is 27.7 Å². The molecule has 0 saturated heterocycles. The first kappa shape index (κ1) is 44.7. The summed E-state index contributed by atoms with van der Waals surface area (Å²) in [4.78, 5) is 39.0. The predicted molar refractivity (Wildman–Crippen MR) is 139 cm³/mol. The van der Waals surface area contributed by atoms with Gasteiger partial charge in [-0.15, -0.1) is 0 Å². The maximum absolute atomic E-state index is 9.76. The van der Waals surface area contributed by atoms with Gasteiger partial charge in [-0.05, 0) is 25.7 Å².